The molecule has 16 heavy (non-hydrogen) atoms. The lowest BCUT2D eigenvalue weighted by molar-refractivity contribution is 0.0909. The number of nitrogens with one attached hydrogen (secondary N) is 1. The Bertz CT molecular complexity index is 370. The number of carbonyl (C=O) groups excluding carboxylic acids is 1. The minimum absolute atomic E-state index is 0.0194. The summed E-state index contributed by atoms with van der Waals surface area (Å²) in [7, 11) is 0. The monoisotopic (exact) mass is 304 g/mol. The van der Waals surface area contributed by atoms with Crippen molar-refractivity contribution >= 4 is 33.2 Å². The van der Waals surface area contributed by atoms with Crippen LogP contribution in [-0.4, -0.2) is 18.5 Å². The third-order valence-corrected chi connectivity index (χ3v) is 4.25. The maximum absolute atomic E-state index is 12.0. The summed E-state index contributed by atoms with van der Waals surface area (Å²) in [5, 5.41) is 4.85. The number of thiophene rings is 1. The van der Waals surface area contributed by atoms with Gasteiger partial charge in [-0.05, 0) is 32.8 Å². The lowest BCUT2D eigenvalue weighted by Gasteiger charge is -2.30. The first kappa shape index (κ1) is 13.7. The van der Waals surface area contributed by atoms with E-state index in [-0.39, 0.29) is 17.4 Å². The second kappa shape index (κ2) is 5.29. The highest BCUT2D eigenvalue weighted by molar-refractivity contribution is 9.10. The molecule has 0 bridgehead atoms. The van der Waals surface area contributed by atoms with Crippen molar-refractivity contribution in [3.8, 4) is 0 Å². The van der Waals surface area contributed by atoms with E-state index in [1.54, 1.807) is 0 Å². The van der Waals surface area contributed by atoms with Gasteiger partial charge in [0.15, 0.2) is 0 Å². The van der Waals surface area contributed by atoms with Crippen LogP contribution in [0.25, 0.3) is 0 Å². The Kier molecular flexibility index (Phi) is 4.52. The summed E-state index contributed by atoms with van der Waals surface area (Å²) in [6.45, 7) is 6.63. The molecule has 0 aliphatic carbocycles. The summed E-state index contributed by atoms with van der Waals surface area (Å²) in [6, 6.07) is 1.85. The van der Waals surface area contributed by atoms with Gasteiger partial charge < -0.3 is 11.1 Å². The molecule has 0 spiro atoms. The second-order valence-electron chi connectivity index (χ2n) is 4.73. The largest absolute Gasteiger partial charge is 0.347 e. The van der Waals surface area contributed by atoms with Crippen molar-refractivity contribution in [1.82, 2.24) is 5.32 Å². The molecule has 0 radical (unpaired) electrons. The maximum atomic E-state index is 12.0. The molecule has 1 aromatic heterocycles. The lowest BCUT2D eigenvalue weighted by Crippen LogP contribution is -2.48. The molecule has 0 saturated carbocycles. The molecule has 0 saturated heterocycles. The quantitative estimate of drug-likeness (QED) is 0.902. The van der Waals surface area contributed by atoms with Crippen LogP contribution in [0.5, 0.6) is 0 Å². The van der Waals surface area contributed by atoms with Crippen molar-refractivity contribution < 1.29 is 4.79 Å². The Labute approximate surface area is 109 Å². The van der Waals surface area contributed by atoms with Crippen molar-refractivity contribution in [3.05, 3.63) is 20.8 Å². The number of rotatable bonds is 3. The Balaban J connectivity index is 2.74. The van der Waals surface area contributed by atoms with E-state index in [2.05, 4.69) is 42.0 Å². The van der Waals surface area contributed by atoms with Crippen LogP contribution >= 0.6 is 27.3 Å². The van der Waals surface area contributed by atoms with Crippen LogP contribution in [0.1, 0.15) is 30.4 Å². The van der Waals surface area contributed by atoms with Crippen molar-refractivity contribution in [2.24, 2.45) is 11.1 Å². The van der Waals surface area contributed by atoms with Crippen LogP contribution in [0.15, 0.2) is 15.9 Å². The van der Waals surface area contributed by atoms with Gasteiger partial charge in [-0.1, -0.05) is 20.8 Å². The third kappa shape index (κ3) is 3.30. The normalized spacial score (nSPS) is 13.6. The highest BCUT2D eigenvalue weighted by Gasteiger charge is 2.26. The average Bonchev–Trinajstić information content (AvgIpc) is 2.58. The number of amides is 1. The zero-order valence-corrected chi connectivity index (χ0v) is 12.1. The fourth-order valence-corrected chi connectivity index (χ4v) is 2.76. The summed E-state index contributed by atoms with van der Waals surface area (Å²) in [4.78, 5) is 12.7. The summed E-state index contributed by atoms with van der Waals surface area (Å²) in [6.07, 6.45) is 0. The van der Waals surface area contributed by atoms with E-state index in [4.69, 9.17) is 5.73 Å². The number of hydrogen-bond donors (Lipinski definition) is 2. The number of nitrogens with two attached hydrogens (primary N) is 1. The zero-order chi connectivity index (χ0) is 12.3. The van der Waals surface area contributed by atoms with Gasteiger partial charge in [0.05, 0.1) is 0 Å². The van der Waals surface area contributed by atoms with Gasteiger partial charge in [-0.25, -0.2) is 0 Å². The molecule has 3 N–H and O–H groups in total. The van der Waals surface area contributed by atoms with E-state index in [0.717, 1.165) is 4.47 Å². The van der Waals surface area contributed by atoms with E-state index in [1.165, 1.54) is 11.3 Å². The van der Waals surface area contributed by atoms with Crippen molar-refractivity contribution in [2.75, 3.05) is 6.54 Å². The second-order valence-corrected chi connectivity index (χ2v) is 6.50. The summed E-state index contributed by atoms with van der Waals surface area (Å²) < 4.78 is 0.833. The first-order valence-corrected chi connectivity index (χ1v) is 6.77. The minimum Gasteiger partial charge on any atom is -0.347 e. The first-order valence-electron chi connectivity index (χ1n) is 5.10. The molecular formula is C11H17BrN2OS. The van der Waals surface area contributed by atoms with Crippen LogP contribution in [0, 0.1) is 5.41 Å². The molecule has 1 aromatic rings. The molecule has 5 heteroatoms. The Hall–Kier alpha value is -0.390. The van der Waals surface area contributed by atoms with Crippen LogP contribution in [0.2, 0.25) is 0 Å². The van der Waals surface area contributed by atoms with Crippen LogP contribution in [0.4, 0.5) is 0 Å². The van der Waals surface area contributed by atoms with Gasteiger partial charge >= 0.3 is 0 Å². The minimum atomic E-state index is -0.0627. The van der Waals surface area contributed by atoms with Gasteiger partial charge in [-0.3, -0.25) is 4.79 Å². The highest BCUT2D eigenvalue weighted by atomic mass is 79.9. The molecular weight excluding hydrogens is 288 g/mol. The average molecular weight is 305 g/mol. The topological polar surface area (TPSA) is 55.1 Å². The van der Waals surface area contributed by atoms with Crippen LogP contribution < -0.4 is 11.1 Å². The predicted molar refractivity (Wildman–Crippen MR) is 71.8 cm³/mol. The Morgan fingerprint density at radius 1 is 1.62 bits per heavy atom. The van der Waals surface area contributed by atoms with Crippen molar-refractivity contribution in [2.45, 2.75) is 26.8 Å². The number of halogens is 1. The number of hydrogen-bond acceptors (Lipinski definition) is 3. The molecule has 0 aromatic carbocycles. The standard InChI is InChI=1S/C11H17BrN2OS/c1-11(2,3)8(6-13)14-10(15)9-7(12)4-5-16-9/h4-5,8H,6,13H2,1-3H3,(H,14,15). The molecule has 0 fully saturated rings. The van der Waals surface area contributed by atoms with Gasteiger partial charge in [-0.15, -0.1) is 11.3 Å². The van der Waals surface area contributed by atoms with Gasteiger partial charge in [0.25, 0.3) is 5.91 Å². The smallest absolute Gasteiger partial charge is 0.262 e. The van der Waals surface area contributed by atoms with Gasteiger partial charge in [0.1, 0.15) is 4.88 Å². The molecule has 1 amide bonds. The van der Waals surface area contributed by atoms with Crippen LogP contribution in [-0.2, 0) is 0 Å². The summed E-state index contributed by atoms with van der Waals surface area (Å²) >= 11 is 4.77. The lowest BCUT2D eigenvalue weighted by atomic mass is 9.87. The van der Waals surface area contributed by atoms with Crippen molar-refractivity contribution in [3.63, 3.8) is 0 Å². The fourth-order valence-electron chi connectivity index (χ4n) is 1.31. The predicted octanol–water partition coefficient (Wildman–Crippen LogP) is 2.61. The van der Waals surface area contributed by atoms with Gasteiger partial charge in [0.2, 0.25) is 0 Å². The first-order chi connectivity index (χ1) is 7.36. The molecule has 90 valence electrons. The summed E-state index contributed by atoms with van der Waals surface area (Å²) in [5.41, 5.74) is 5.64. The maximum Gasteiger partial charge on any atom is 0.262 e. The van der Waals surface area contributed by atoms with E-state index >= 15 is 0 Å². The molecule has 0 aliphatic rings. The molecule has 1 heterocycles. The van der Waals surface area contributed by atoms with Gasteiger partial charge in [-0.2, -0.15) is 0 Å². The van der Waals surface area contributed by atoms with Crippen LogP contribution in [0.3, 0.4) is 0 Å². The molecule has 1 unspecified atom stereocenters. The number of carbonyl (C=O) groups is 1. The molecule has 3 nitrogen and oxygen atoms in total. The van der Waals surface area contributed by atoms with E-state index in [0.29, 0.717) is 11.4 Å². The molecule has 1 rings (SSSR count). The molecule has 0 aliphatic heterocycles. The van der Waals surface area contributed by atoms with E-state index in [9.17, 15) is 4.79 Å². The van der Waals surface area contributed by atoms with E-state index in [1.807, 2.05) is 11.4 Å². The third-order valence-electron chi connectivity index (χ3n) is 2.41. The Morgan fingerprint density at radius 2 is 2.25 bits per heavy atom. The van der Waals surface area contributed by atoms with Gasteiger partial charge in [0, 0.05) is 17.1 Å². The highest BCUT2D eigenvalue weighted by Crippen LogP contribution is 2.24. The SMILES string of the molecule is CC(C)(C)C(CN)NC(=O)c1sccc1Br. The molecule has 1 atom stereocenters. The zero-order valence-electron chi connectivity index (χ0n) is 9.71. The Morgan fingerprint density at radius 3 is 2.62 bits per heavy atom. The summed E-state index contributed by atoms with van der Waals surface area (Å²) in [5.74, 6) is -0.0627. The van der Waals surface area contributed by atoms with Crippen molar-refractivity contribution in [1.29, 1.82) is 0 Å². The fraction of sp³-hybridized carbons (Fsp3) is 0.545. The van der Waals surface area contributed by atoms with E-state index < -0.39 is 0 Å².